The molecule has 0 bridgehead atoms. The monoisotopic (exact) mass is 302 g/mol. The number of ether oxygens (including phenoxy) is 1. The summed E-state index contributed by atoms with van der Waals surface area (Å²) >= 11 is 3.89. The highest BCUT2D eigenvalue weighted by Gasteiger charge is 2.53. The molecule has 0 radical (unpaired) electrons. The first-order valence-corrected chi connectivity index (χ1v) is 8.32. The maximum absolute atomic E-state index is 6.18. The molecule has 2 rings (SSSR count). The Morgan fingerprint density at radius 1 is 1.18 bits per heavy atom. The molecule has 0 heterocycles. The molecule has 0 aromatic heterocycles. The summed E-state index contributed by atoms with van der Waals surface area (Å²) in [7, 11) is 0. The fraction of sp³-hybridized carbons (Fsp3) is 1.00. The Kier molecular flexibility index (Phi) is 4.94. The van der Waals surface area contributed by atoms with Crippen LogP contribution in [0.2, 0.25) is 0 Å². The number of halogens is 1. The minimum atomic E-state index is 0.494. The van der Waals surface area contributed by atoms with Gasteiger partial charge in [-0.25, -0.2) is 0 Å². The summed E-state index contributed by atoms with van der Waals surface area (Å²) in [6.07, 6.45) is 11.4. The van der Waals surface area contributed by atoms with E-state index in [9.17, 15) is 0 Å². The highest BCUT2D eigenvalue weighted by Crippen LogP contribution is 2.55. The van der Waals surface area contributed by atoms with Crippen LogP contribution in [-0.2, 0) is 4.74 Å². The van der Waals surface area contributed by atoms with Crippen LogP contribution >= 0.6 is 15.9 Å². The molecule has 2 atom stereocenters. The number of hydrogen-bond donors (Lipinski definition) is 0. The van der Waals surface area contributed by atoms with Crippen molar-refractivity contribution in [1.29, 1.82) is 0 Å². The SMILES string of the molecule is CC(C)CCOC1CC(Br)C12CCCCCC2. The second-order valence-electron chi connectivity index (χ2n) is 6.39. The van der Waals surface area contributed by atoms with Crippen LogP contribution in [-0.4, -0.2) is 17.5 Å². The molecule has 100 valence electrons. The third-order valence-electron chi connectivity index (χ3n) is 4.73. The second-order valence-corrected chi connectivity index (χ2v) is 7.50. The second kappa shape index (κ2) is 6.06. The van der Waals surface area contributed by atoms with Gasteiger partial charge in [-0.1, -0.05) is 55.5 Å². The average Bonchev–Trinajstić information content (AvgIpc) is 2.55. The molecule has 0 amide bonds. The molecule has 2 aliphatic carbocycles. The molecular formula is C15H27BrO. The third kappa shape index (κ3) is 3.07. The van der Waals surface area contributed by atoms with Crippen molar-refractivity contribution in [2.24, 2.45) is 11.3 Å². The molecule has 0 aromatic rings. The molecule has 2 heteroatoms. The highest BCUT2D eigenvalue weighted by atomic mass is 79.9. The Bertz CT molecular complexity index is 231. The first-order chi connectivity index (χ1) is 8.15. The molecule has 0 aromatic carbocycles. The first kappa shape index (κ1) is 13.9. The first-order valence-electron chi connectivity index (χ1n) is 7.41. The van der Waals surface area contributed by atoms with E-state index in [0.717, 1.165) is 17.4 Å². The zero-order chi connectivity index (χ0) is 12.3. The third-order valence-corrected chi connectivity index (χ3v) is 6.02. The van der Waals surface area contributed by atoms with Crippen LogP contribution < -0.4 is 0 Å². The molecule has 2 saturated carbocycles. The molecule has 2 aliphatic rings. The van der Waals surface area contributed by atoms with E-state index < -0.39 is 0 Å². The summed E-state index contributed by atoms with van der Waals surface area (Å²) in [5, 5.41) is 0. The van der Waals surface area contributed by atoms with Crippen LogP contribution in [0.15, 0.2) is 0 Å². The van der Waals surface area contributed by atoms with Crippen LogP contribution in [0.3, 0.4) is 0 Å². The van der Waals surface area contributed by atoms with E-state index in [-0.39, 0.29) is 0 Å². The van der Waals surface area contributed by atoms with Gasteiger partial charge in [-0.15, -0.1) is 0 Å². The van der Waals surface area contributed by atoms with Gasteiger partial charge in [0.2, 0.25) is 0 Å². The van der Waals surface area contributed by atoms with Gasteiger partial charge >= 0.3 is 0 Å². The fourth-order valence-corrected chi connectivity index (χ4v) is 4.49. The van der Waals surface area contributed by atoms with Crippen molar-refractivity contribution in [3.05, 3.63) is 0 Å². The molecule has 2 unspecified atom stereocenters. The minimum absolute atomic E-state index is 0.494. The molecular weight excluding hydrogens is 276 g/mol. The Balaban J connectivity index is 1.85. The van der Waals surface area contributed by atoms with Crippen LogP contribution in [0.4, 0.5) is 0 Å². The predicted molar refractivity (Wildman–Crippen MR) is 76.7 cm³/mol. The zero-order valence-corrected chi connectivity index (χ0v) is 13.0. The fourth-order valence-electron chi connectivity index (χ4n) is 3.40. The van der Waals surface area contributed by atoms with Crippen molar-refractivity contribution in [3.63, 3.8) is 0 Å². The maximum Gasteiger partial charge on any atom is 0.0652 e. The summed E-state index contributed by atoms with van der Waals surface area (Å²) in [6, 6.07) is 0. The summed E-state index contributed by atoms with van der Waals surface area (Å²) in [5.41, 5.74) is 0.494. The van der Waals surface area contributed by atoms with E-state index in [2.05, 4.69) is 29.8 Å². The largest absolute Gasteiger partial charge is 0.378 e. The van der Waals surface area contributed by atoms with Crippen molar-refractivity contribution in [1.82, 2.24) is 0 Å². The summed E-state index contributed by atoms with van der Waals surface area (Å²) in [4.78, 5) is 0.720. The summed E-state index contributed by atoms with van der Waals surface area (Å²) in [5.74, 6) is 0.764. The predicted octanol–water partition coefficient (Wildman–Crippen LogP) is 4.93. The van der Waals surface area contributed by atoms with Gasteiger partial charge in [0.25, 0.3) is 0 Å². The standard InChI is InChI=1S/C15H27BrO/c1-12(2)7-10-17-14-11-13(16)15(14)8-5-3-4-6-9-15/h12-14H,3-11H2,1-2H3. The lowest BCUT2D eigenvalue weighted by molar-refractivity contribution is -0.113. The Labute approximate surface area is 115 Å². The summed E-state index contributed by atoms with van der Waals surface area (Å²) < 4.78 is 6.18. The van der Waals surface area contributed by atoms with E-state index >= 15 is 0 Å². The topological polar surface area (TPSA) is 9.23 Å². The van der Waals surface area contributed by atoms with Gasteiger partial charge in [0.15, 0.2) is 0 Å². The van der Waals surface area contributed by atoms with Crippen LogP contribution in [0.5, 0.6) is 0 Å². The van der Waals surface area contributed by atoms with Gasteiger partial charge in [-0.3, -0.25) is 0 Å². The van der Waals surface area contributed by atoms with E-state index in [1.54, 1.807) is 0 Å². The van der Waals surface area contributed by atoms with Crippen molar-refractivity contribution in [2.45, 2.75) is 76.1 Å². The van der Waals surface area contributed by atoms with Crippen LogP contribution in [0.25, 0.3) is 0 Å². The average molecular weight is 303 g/mol. The molecule has 17 heavy (non-hydrogen) atoms. The Morgan fingerprint density at radius 2 is 1.82 bits per heavy atom. The Morgan fingerprint density at radius 3 is 2.35 bits per heavy atom. The normalized spacial score (nSPS) is 32.5. The van der Waals surface area contributed by atoms with Crippen molar-refractivity contribution in [3.8, 4) is 0 Å². The molecule has 2 fully saturated rings. The maximum atomic E-state index is 6.18. The van der Waals surface area contributed by atoms with Crippen LogP contribution in [0.1, 0.15) is 65.2 Å². The van der Waals surface area contributed by atoms with E-state index in [0.29, 0.717) is 11.5 Å². The zero-order valence-electron chi connectivity index (χ0n) is 11.4. The van der Waals surface area contributed by atoms with Gasteiger partial charge < -0.3 is 4.74 Å². The molecule has 1 spiro atoms. The minimum Gasteiger partial charge on any atom is -0.378 e. The van der Waals surface area contributed by atoms with Crippen molar-refractivity contribution < 1.29 is 4.74 Å². The van der Waals surface area contributed by atoms with E-state index in [1.165, 1.54) is 51.4 Å². The molecule has 0 aliphatic heterocycles. The molecule has 0 N–H and O–H groups in total. The number of alkyl halides is 1. The van der Waals surface area contributed by atoms with Gasteiger partial charge in [0.1, 0.15) is 0 Å². The number of rotatable bonds is 4. The van der Waals surface area contributed by atoms with Crippen LogP contribution in [0, 0.1) is 11.3 Å². The summed E-state index contributed by atoms with van der Waals surface area (Å²) in [6.45, 7) is 5.52. The van der Waals surface area contributed by atoms with Crippen molar-refractivity contribution >= 4 is 15.9 Å². The number of hydrogen-bond acceptors (Lipinski definition) is 1. The molecule has 1 nitrogen and oxygen atoms in total. The molecule has 0 saturated heterocycles. The van der Waals surface area contributed by atoms with Crippen molar-refractivity contribution in [2.75, 3.05) is 6.61 Å². The smallest absolute Gasteiger partial charge is 0.0652 e. The highest BCUT2D eigenvalue weighted by molar-refractivity contribution is 9.09. The van der Waals surface area contributed by atoms with Gasteiger partial charge in [-0.05, 0) is 31.6 Å². The van der Waals surface area contributed by atoms with Gasteiger partial charge in [-0.2, -0.15) is 0 Å². The lowest BCUT2D eigenvalue weighted by Crippen LogP contribution is -2.55. The van der Waals surface area contributed by atoms with Gasteiger partial charge in [0.05, 0.1) is 6.10 Å². The van der Waals surface area contributed by atoms with E-state index in [1.807, 2.05) is 0 Å². The quantitative estimate of drug-likeness (QED) is 0.669. The Hall–Kier alpha value is 0.440. The van der Waals surface area contributed by atoms with Gasteiger partial charge in [0, 0.05) is 16.8 Å². The lowest BCUT2D eigenvalue weighted by Gasteiger charge is -2.53. The lowest BCUT2D eigenvalue weighted by atomic mass is 9.61. The van der Waals surface area contributed by atoms with E-state index in [4.69, 9.17) is 4.74 Å².